The minimum absolute atomic E-state index is 0.126. The molecule has 1 heterocycles. The maximum absolute atomic E-state index is 13.2. The van der Waals surface area contributed by atoms with Crippen molar-refractivity contribution in [3.8, 4) is 5.75 Å². The van der Waals surface area contributed by atoms with Crippen LogP contribution in [0.15, 0.2) is 18.2 Å². The predicted molar refractivity (Wildman–Crippen MR) is 58.8 cm³/mol. The summed E-state index contributed by atoms with van der Waals surface area (Å²) in [4.78, 5) is 0. The molecule has 4 heteroatoms. The molecule has 0 atom stereocenters. The third-order valence-electron chi connectivity index (χ3n) is 2.64. The van der Waals surface area contributed by atoms with Gasteiger partial charge in [0, 0.05) is 25.5 Å². The maximum Gasteiger partial charge on any atom is 0.127 e. The van der Waals surface area contributed by atoms with Gasteiger partial charge in [0.25, 0.3) is 0 Å². The smallest absolute Gasteiger partial charge is 0.127 e. The summed E-state index contributed by atoms with van der Waals surface area (Å²) in [6.45, 7) is 1.75. The number of benzene rings is 1. The molecule has 3 nitrogen and oxygen atoms in total. The Labute approximate surface area is 94.3 Å². The summed E-state index contributed by atoms with van der Waals surface area (Å²) in [6.07, 6.45) is 1.84. The van der Waals surface area contributed by atoms with E-state index >= 15 is 0 Å². The molecule has 88 valence electrons. The van der Waals surface area contributed by atoms with E-state index in [-0.39, 0.29) is 11.9 Å². The van der Waals surface area contributed by atoms with Crippen LogP contribution in [0.5, 0.6) is 5.75 Å². The lowest BCUT2D eigenvalue weighted by atomic mass is 10.1. The van der Waals surface area contributed by atoms with Crippen LogP contribution in [0.2, 0.25) is 0 Å². The van der Waals surface area contributed by atoms with E-state index in [1.807, 2.05) is 0 Å². The normalized spacial score (nSPS) is 17.4. The maximum atomic E-state index is 13.2. The van der Waals surface area contributed by atoms with E-state index in [0.717, 1.165) is 18.4 Å². The average Bonchev–Trinajstić information content (AvgIpc) is 2.29. The molecule has 2 N–H and O–H groups in total. The molecule has 1 aromatic rings. The van der Waals surface area contributed by atoms with Crippen molar-refractivity contribution < 1.29 is 13.9 Å². The van der Waals surface area contributed by atoms with E-state index in [9.17, 15) is 4.39 Å². The van der Waals surface area contributed by atoms with E-state index in [1.54, 1.807) is 6.07 Å². The molecule has 0 aromatic heterocycles. The summed E-state index contributed by atoms with van der Waals surface area (Å²) in [5.74, 6) is 0.261. The van der Waals surface area contributed by atoms with Crippen LogP contribution in [-0.4, -0.2) is 19.3 Å². The Bertz CT molecular complexity index is 351. The Morgan fingerprint density at radius 3 is 2.75 bits per heavy atom. The van der Waals surface area contributed by atoms with Crippen molar-refractivity contribution in [3.63, 3.8) is 0 Å². The molecular formula is C12H16FNO2. The van der Waals surface area contributed by atoms with Crippen LogP contribution in [0.3, 0.4) is 0 Å². The summed E-state index contributed by atoms with van der Waals surface area (Å²) >= 11 is 0. The summed E-state index contributed by atoms with van der Waals surface area (Å²) in [7, 11) is 0. The fourth-order valence-corrected chi connectivity index (χ4v) is 1.79. The Morgan fingerprint density at radius 1 is 1.31 bits per heavy atom. The zero-order valence-electron chi connectivity index (χ0n) is 9.12. The first-order chi connectivity index (χ1) is 7.78. The lowest BCUT2D eigenvalue weighted by Crippen LogP contribution is -2.25. The van der Waals surface area contributed by atoms with Gasteiger partial charge < -0.3 is 15.2 Å². The SMILES string of the molecule is NCc1cc(F)cc(OC2CCOCC2)c1. The molecule has 1 saturated heterocycles. The zero-order chi connectivity index (χ0) is 11.4. The van der Waals surface area contributed by atoms with Gasteiger partial charge in [-0.05, 0) is 17.7 Å². The Balaban J connectivity index is 2.04. The molecule has 0 amide bonds. The van der Waals surface area contributed by atoms with Crippen molar-refractivity contribution in [2.75, 3.05) is 13.2 Å². The molecule has 16 heavy (non-hydrogen) atoms. The second-order valence-corrected chi connectivity index (χ2v) is 3.93. The number of halogens is 1. The molecule has 0 bridgehead atoms. The van der Waals surface area contributed by atoms with Crippen LogP contribution in [0.25, 0.3) is 0 Å². The van der Waals surface area contributed by atoms with Crippen LogP contribution in [0.1, 0.15) is 18.4 Å². The summed E-state index contributed by atoms with van der Waals surface area (Å²) < 4.78 is 24.1. The molecule has 1 aliphatic heterocycles. The second kappa shape index (κ2) is 5.27. The van der Waals surface area contributed by atoms with Gasteiger partial charge in [0.2, 0.25) is 0 Å². The average molecular weight is 225 g/mol. The first-order valence-corrected chi connectivity index (χ1v) is 5.52. The fraction of sp³-hybridized carbons (Fsp3) is 0.500. The molecule has 1 aliphatic rings. The molecule has 1 fully saturated rings. The Hall–Kier alpha value is -1.13. The third-order valence-corrected chi connectivity index (χ3v) is 2.64. The molecule has 0 aliphatic carbocycles. The summed E-state index contributed by atoms with van der Waals surface area (Å²) in [5, 5.41) is 0. The van der Waals surface area contributed by atoms with Gasteiger partial charge in [-0.15, -0.1) is 0 Å². The monoisotopic (exact) mass is 225 g/mol. The molecular weight excluding hydrogens is 209 g/mol. The third kappa shape index (κ3) is 2.93. The minimum Gasteiger partial charge on any atom is -0.490 e. The van der Waals surface area contributed by atoms with Crippen LogP contribution < -0.4 is 10.5 Å². The van der Waals surface area contributed by atoms with Crippen LogP contribution in [0, 0.1) is 5.82 Å². The van der Waals surface area contributed by atoms with Crippen LogP contribution in [0.4, 0.5) is 4.39 Å². The lowest BCUT2D eigenvalue weighted by molar-refractivity contribution is 0.0254. The fourth-order valence-electron chi connectivity index (χ4n) is 1.79. The molecule has 2 rings (SSSR count). The summed E-state index contributed by atoms with van der Waals surface area (Å²) in [5.41, 5.74) is 6.23. The van der Waals surface area contributed by atoms with Crippen molar-refractivity contribution in [1.29, 1.82) is 0 Å². The first kappa shape index (κ1) is 11.4. The molecule has 0 spiro atoms. The second-order valence-electron chi connectivity index (χ2n) is 3.93. The lowest BCUT2D eigenvalue weighted by Gasteiger charge is -2.23. The highest BCUT2D eigenvalue weighted by Crippen LogP contribution is 2.20. The number of rotatable bonds is 3. The Morgan fingerprint density at radius 2 is 2.06 bits per heavy atom. The molecule has 0 unspecified atom stereocenters. The quantitative estimate of drug-likeness (QED) is 0.853. The number of ether oxygens (including phenoxy) is 2. The van der Waals surface area contributed by atoms with Crippen LogP contribution in [-0.2, 0) is 11.3 Å². The van der Waals surface area contributed by atoms with E-state index in [1.165, 1.54) is 12.1 Å². The number of hydrogen-bond acceptors (Lipinski definition) is 3. The Kier molecular flexibility index (Phi) is 3.74. The minimum atomic E-state index is -0.301. The van der Waals surface area contributed by atoms with Crippen molar-refractivity contribution in [2.24, 2.45) is 5.73 Å². The molecule has 0 saturated carbocycles. The summed E-state index contributed by atoms with van der Waals surface area (Å²) in [6, 6.07) is 4.62. The van der Waals surface area contributed by atoms with Gasteiger partial charge in [-0.25, -0.2) is 4.39 Å². The van der Waals surface area contributed by atoms with E-state index in [2.05, 4.69) is 0 Å². The van der Waals surface area contributed by atoms with Crippen LogP contribution >= 0.6 is 0 Å². The van der Waals surface area contributed by atoms with Crippen molar-refractivity contribution in [2.45, 2.75) is 25.5 Å². The zero-order valence-corrected chi connectivity index (χ0v) is 9.12. The predicted octanol–water partition coefficient (Wildman–Crippen LogP) is 1.84. The van der Waals surface area contributed by atoms with E-state index in [0.29, 0.717) is 25.5 Å². The van der Waals surface area contributed by atoms with E-state index in [4.69, 9.17) is 15.2 Å². The topological polar surface area (TPSA) is 44.5 Å². The van der Waals surface area contributed by atoms with Gasteiger partial charge in [0.1, 0.15) is 17.7 Å². The number of nitrogens with two attached hydrogens (primary N) is 1. The number of hydrogen-bond donors (Lipinski definition) is 1. The van der Waals surface area contributed by atoms with E-state index < -0.39 is 0 Å². The van der Waals surface area contributed by atoms with Gasteiger partial charge in [0.15, 0.2) is 0 Å². The largest absolute Gasteiger partial charge is 0.490 e. The van der Waals surface area contributed by atoms with Crippen molar-refractivity contribution in [3.05, 3.63) is 29.6 Å². The van der Waals surface area contributed by atoms with Crippen molar-refractivity contribution >= 4 is 0 Å². The van der Waals surface area contributed by atoms with Gasteiger partial charge >= 0.3 is 0 Å². The van der Waals surface area contributed by atoms with Gasteiger partial charge in [-0.3, -0.25) is 0 Å². The van der Waals surface area contributed by atoms with Gasteiger partial charge in [0.05, 0.1) is 13.2 Å². The highest BCUT2D eigenvalue weighted by Gasteiger charge is 2.15. The van der Waals surface area contributed by atoms with Gasteiger partial charge in [-0.2, -0.15) is 0 Å². The highest BCUT2D eigenvalue weighted by molar-refractivity contribution is 5.29. The highest BCUT2D eigenvalue weighted by atomic mass is 19.1. The first-order valence-electron chi connectivity index (χ1n) is 5.52. The molecule has 0 radical (unpaired) electrons. The standard InChI is InChI=1S/C12H16FNO2/c13-10-5-9(8-14)6-12(7-10)16-11-1-3-15-4-2-11/h5-7,11H,1-4,8,14H2. The van der Waals surface area contributed by atoms with Crippen molar-refractivity contribution in [1.82, 2.24) is 0 Å². The van der Waals surface area contributed by atoms with Gasteiger partial charge in [-0.1, -0.05) is 0 Å². The molecule has 1 aromatic carbocycles.